The molecule has 0 aromatic carbocycles. The Hall–Kier alpha value is -1.23. The zero-order chi connectivity index (χ0) is 12.7. The summed E-state index contributed by atoms with van der Waals surface area (Å²) < 4.78 is 7.95. The van der Waals surface area contributed by atoms with Gasteiger partial charge in [-0.2, -0.15) is 5.10 Å². The molecule has 0 aliphatic carbocycles. The summed E-state index contributed by atoms with van der Waals surface area (Å²) in [6.07, 6.45) is 4.20. The van der Waals surface area contributed by atoms with E-state index in [0.717, 1.165) is 43.3 Å². The Bertz CT molecular complexity index is 430. The number of hydrogen-bond donors (Lipinski definition) is 1. The number of hydrogen-bond acceptors (Lipinski definition) is 4. The second-order valence-electron chi connectivity index (χ2n) is 5.41. The van der Waals surface area contributed by atoms with Crippen molar-refractivity contribution in [3.63, 3.8) is 0 Å². The van der Waals surface area contributed by atoms with Crippen LogP contribution in [0.15, 0.2) is 0 Å². The minimum absolute atomic E-state index is 0.383. The van der Waals surface area contributed by atoms with E-state index in [9.17, 15) is 0 Å². The molecule has 100 valence electrons. The lowest BCUT2D eigenvalue weighted by Gasteiger charge is -2.34. The standard InChI is InChI=1S/C13H22N4O/c1-3-6-17-13(12(14)9(2)15-17)16-7-10-4-5-11(8-16)18-10/h10-11H,3-8,14H2,1-2H3. The normalized spacial score (nSPS) is 26.9. The molecule has 2 aliphatic rings. The average Bonchev–Trinajstić information content (AvgIpc) is 2.81. The van der Waals surface area contributed by atoms with Gasteiger partial charge in [-0.25, -0.2) is 4.68 Å². The maximum Gasteiger partial charge on any atom is 0.150 e. The molecule has 2 saturated heterocycles. The van der Waals surface area contributed by atoms with Gasteiger partial charge >= 0.3 is 0 Å². The van der Waals surface area contributed by atoms with Crippen molar-refractivity contribution in [2.45, 2.75) is 51.9 Å². The van der Waals surface area contributed by atoms with Gasteiger partial charge < -0.3 is 15.4 Å². The van der Waals surface area contributed by atoms with E-state index < -0.39 is 0 Å². The number of nitrogens with two attached hydrogens (primary N) is 1. The Morgan fingerprint density at radius 2 is 2.00 bits per heavy atom. The number of ether oxygens (including phenoxy) is 1. The molecule has 0 saturated carbocycles. The van der Waals surface area contributed by atoms with Crippen LogP contribution >= 0.6 is 0 Å². The molecule has 2 bridgehead atoms. The first kappa shape index (κ1) is 11.8. The zero-order valence-electron chi connectivity index (χ0n) is 11.2. The van der Waals surface area contributed by atoms with Gasteiger partial charge in [0, 0.05) is 19.6 Å². The predicted octanol–water partition coefficient (Wildman–Crippen LogP) is 1.55. The highest BCUT2D eigenvalue weighted by molar-refractivity contribution is 5.66. The molecule has 2 aliphatic heterocycles. The van der Waals surface area contributed by atoms with Crippen LogP contribution in [0.4, 0.5) is 11.5 Å². The first-order valence-electron chi connectivity index (χ1n) is 6.92. The van der Waals surface area contributed by atoms with E-state index in [-0.39, 0.29) is 0 Å². The van der Waals surface area contributed by atoms with Crippen LogP contribution in [-0.4, -0.2) is 35.1 Å². The minimum Gasteiger partial charge on any atom is -0.394 e. The Morgan fingerprint density at radius 3 is 2.61 bits per heavy atom. The number of fused-ring (bicyclic) bond motifs is 2. The summed E-state index contributed by atoms with van der Waals surface area (Å²) in [6, 6.07) is 0. The lowest BCUT2D eigenvalue weighted by atomic mass is 10.2. The molecule has 1 aromatic heterocycles. The highest BCUT2D eigenvalue weighted by atomic mass is 16.5. The van der Waals surface area contributed by atoms with Gasteiger partial charge in [0.15, 0.2) is 5.82 Å². The third-order valence-corrected chi connectivity index (χ3v) is 3.92. The van der Waals surface area contributed by atoms with Gasteiger partial charge in [-0.1, -0.05) is 6.92 Å². The largest absolute Gasteiger partial charge is 0.394 e. The van der Waals surface area contributed by atoms with E-state index in [1.54, 1.807) is 0 Å². The monoisotopic (exact) mass is 250 g/mol. The van der Waals surface area contributed by atoms with Gasteiger partial charge in [0.1, 0.15) is 0 Å². The van der Waals surface area contributed by atoms with E-state index in [1.165, 1.54) is 12.8 Å². The fourth-order valence-electron chi connectivity index (χ4n) is 3.07. The van der Waals surface area contributed by atoms with Crippen LogP contribution in [0.3, 0.4) is 0 Å². The van der Waals surface area contributed by atoms with E-state index in [1.807, 2.05) is 6.92 Å². The van der Waals surface area contributed by atoms with Crippen LogP contribution in [0.5, 0.6) is 0 Å². The van der Waals surface area contributed by atoms with E-state index in [2.05, 4.69) is 21.6 Å². The van der Waals surface area contributed by atoms with Crippen molar-refractivity contribution in [2.24, 2.45) is 0 Å². The molecule has 2 atom stereocenters. The molecule has 3 rings (SSSR count). The molecular formula is C13H22N4O. The number of rotatable bonds is 3. The van der Waals surface area contributed by atoms with Gasteiger partial charge in [0.05, 0.1) is 23.6 Å². The van der Waals surface area contributed by atoms with E-state index >= 15 is 0 Å². The first-order chi connectivity index (χ1) is 8.69. The lowest BCUT2D eigenvalue weighted by molar-refractivity contribution is 0.0300. The summed E-state index contributed by atoms with van der Waals surface area (Å²) in [7, 11) is 0. The molecule has 2 N–H and O–H groups in total. The zero-order valence-corrected chi connectivity index (χ0v) is 11.2. The second kappa shape index (κ2) is 4.46. The van der Waals surface area contributed by atoms with Crippen molar-refractivity contribution >= 4 is 11.5 Å². The molecule has 0 amide bonds. The number of aryl methyl sites for hydroxylation is 2. The Morgan fingerprint density at radius 1 is 1.33 bits per heavy atom. The predicted molar refractivity (Wildman–Crippen MR) is 71.8 cm³/mol. The van der Waals surface area contributed by atoms with E-state index in [4.69, 9.17) is 10.5 Å². The summed E-state index contributed by atoms with van der Waals surface area (Å²) in [6.45, 7) is 6.99. The Labute approximate surface area is 108 Å². The van der Waals surface area contributed by atoms with Gasteiger partial charge in [-0.05, 0) is 26.2 Å². The van der Waals surface area contributed by atoms with Crippen LogP contribution < -0.4 is 10.6 Å². The number of aromatic nitrogens is 2. The first-order valence-corrected chi connectivity index (χ1v) is 6.92. The van der Waals surface area contributed by atoms with Crippen LogP contribution in [0, 0.1) is 6.92 Å². The van der Waals surface area contributed by atoms with Crippen molar-refractivity contribution < 1.29 is 4.74 Å². The van der Waals surface area contributed by atoms with Crippen molar-refractivity contribution in [3.05, 3.63) is 5.69 Å². The van der Waals surface area contributed by atoms with Crippen LogP contribution in [0.1, 0.15) is 31.9 Å². The summed E-state index contributed by atoms with van der Waals surface area (Å²) in [5.74, 6) is 1.11. The molecule has 0 spiro atoms. The molecule has 2 fully saturated rings. The number of anilines is 2. The summed E-state index contributed by atoms with van der Waals surface area (Å²) in [5, 5.41) is 4.55. The molecule has 0 radical (unpaired) electrons. The van der Waals surface area contributed by atoms with Crippen molar-refractivity contribution in [2.75, 3.05) is 23.7 Å². The Balaban J connectivity index is 1.90. The van der Waals surface area contributed by atoms with Crippen LogP contribution in [0.25, 0.3) is 0 Å². The molecule has 18 heavy (non-hydrogen) atoms. The second-order valence-corrected chi connectivity index (χ2v) is 5.41. The molecule has 5 nitrogen and oxygen atoms in total. The van der Waals surface area contributed by atoms with Crippen LogP contribution in [-0.2, 0) is 11.3 Å². The molecule has 3 heterocycles. The number of nitrogen functional groups attached to an aromatic ring is 1. The maximum absolute atomic E-state index is 6.21. The topological polar surface area (TPSA) is 56.3 Å². The maximum atomic E-state index is 6.21. The number of morpholine rings is 1. The van der Waals surface area contributed by atoms with Crippen molar-refractivity contribution in [1.29, 1.82) is 0 Å². The van der Waals surface area contributed by atoms with Crippen molar-refractivity contribution in [1.82, 2.24) is 9.78 Å². The van der Waals surface area contributed by atoms with Gasteiger partial charge in [-0.3, -0.25) is 0 Å². The van der Waals surface area contributed by atoms with Crippen LogP contribution in [0.2, 0.25) is 0 Å². The Kier molecular flexibility index (Phi) is 2.93. The third kappa shape index (κ3) is 1.86. The summed E-state index contributed by atoms with van der Waals surface area (Å²) in [4.78, 5) is 2.37. The highest BCUT2D eigenvalue weighted by Gasteiger charge is 2.35. The smallest absolute Gasteiger partial charge is 0.150 e. The molecule has 1 aromatic rings. The molecular weight excluding hydrogens is 228 g/mol. The SMILES string of the molecule is CCCn1nc(C)c(N)c1N1CC2CCC(C1)O2. The highest BCUT2D eigenvalue weighted by Crippen LogP contribution is 2.33. The van der Waals surface area contributed by atoms with Crippen molar-refractivity contribution in [3.8, 4) is 0 Å². The summed E-state index contributed by atoms with van der Waals surface area (Å²) >= 11 is 0. The average molecular weight is 250 g/mol. The molecule has 2 unspecified atom stereocenters. The van der Waals surface area contributed by atoms with Gasteiger partial charge in [-0.15, -0.1) is 0 Å². The quantitative estimate of drug-likeness (QED) is 0.884. The van der Waals surface area contributed by atoms with Gasteiger partial charge in [0.25, 0.3) is 0 Å². The lowest BCUT2D eigenvalue weighted by Crippen LogP contribution is -2.43. The fraction of sp³-hybridized carbons (Fsp3) is 0.769. The van der Waals surface area contributed by atoms with E-state index in [0.29, 0.717) is 12.2 Å². The summed E-state index contributed by atoms with van der Waals surface area (Å²) in [5.41, 5.74) is 7.99. The third-order valence-electron chi connectivity index (χ3n) is 3.92. The minimum atomic E-state index is 0.383. The molecule has 5 heteroatoms. The number of nitrogens with zero attached hydrogens (tertiary/aromatic N) is 3. The fourth-order valence-corrected chi connectivity index (χ4v) is 3.07. The van der Waals surface area contributed by atoms with Gasteiger partial charge in [0.2, 0.25) is 0 Å².